The van der Waals surface area contributed by atoms with Crippen LogP contribution in [-0.2, 0) is 48.3 Å². The molecule has 0 amide bonds. The molecule has 0 unspecified atom stereocenters. The van der Waals surface area contributed by atoms with Crippen molar-refractivity contribution in [2.45, 2.75) is 25.7 Å². The maximum Gasteiger partial charge on any atom is 2.00 e. The zero-order valence-corrected chi connectivity index (χ0v) is 16.0. The minimum absolute atomic E-state index is 0. The summed E-state index contributed by atoms with van der Waals surface area (Å²) in [7, 11) is 0. The van der Waals surface area contributed by atoms with Crippen LogP contribution in [0, 0.1) is 0 Å². The average molecular weight is 422 g/mol. The molecule has 0 aromatic carbocycles. The van der Waals surface area contributed by atoms with E-state index in [2.05, 4.69) is 19.6 Å². The topological polar surface area (TPSA) is 226 Å². The Morgan fingerprint density at radius 2 is 0.926 bits per heavy atom. The van der Waals surface area contributed by atoms with E-state index in [9.17, 15) is 39.0 Å². The van der Waals surface area contributed by atoms with Gasteiger partial charge in [0.05, 0.1) is 12.8 Å². The van der Waals surface area contributed by atoms with Gasteiger partial charge in [-0.3, -0.25) is 9.78 Å². The van der Waals surface area contributed by atoms with Gasteiger partial charge in [0.1, 0.15) is 0 Å². The monoisotopic (exact) mass is 422 g/mol. The number of carboxylic acid groups (broad SMARTS) is 4. The van der Waals surface area contributed by atoms with Crippen molar-refractivity contribution in [3.63, 3.8) is 0 Å². The van der Waals surface area contributed by atoms with E-state index in [-0.39, 0.29) is 37.7 Å². The minimum Gasteiger partial charge on any atom is -0.550 e. The molecule has 15 heteroatoms. The van der Waals surface area contributed by atoms with Crippen LogP contribution in [0.3, 0.4) is 0 Å². The second kappa shape index (κ2) is 18.8. The van der Waals surface area contributed by atoms with Crippen LogP contribution < -0.4 is 10.2 Å². The molecule has 0 aliphatic rings. The second-order valence-electron chi connectivity index (χ2n) is 3.97. The fourth-order valence-corrected chi connectivity index (χ4v) is 0.783. The van der Waals surface area contributed by atoms with Gasteiger partial charge in [0.25, 0.3) is 0 Å². The Kier molecular flexibility index (Phi) is 20.7. The molecule has 0 aliphatic heterocycles. The van der Waals surface area contributed by atoms with Gasteiger partial charge in [0, 0.05) is 11.9 Å². The molecule has 0 aliphatic carbocycles. The third kappa shape index (κ3) is 29.0. The summed E-state index contributed by atoms with van der Waals surface area (Å²) in [6.07, 6.45) is -1.81. The van der Waals surface area contributed by atoms with E-state index in [4.69, 9.17) is 10.2 Å². The van der Waals surface area contributed by atoms with Crippen molar-refractivity contribution < 1.29 is 68.7 Å². The third-order valence-corrected chi connectivity index (χ3v) is 1.74. The number of rotatable bonds is 12. The Balaban J connectivity index is -0.000000411. The van der Waals surface area contributed by atoms with Gasteiger partial charge in [0.15, 0.2) is 13.2 Å². The van der Waals surface area contributed by atoms with Crippen LogP contribution in [0.2, 0.25) is 0 Å². The number of carbonyl (C=O) groups excluding carboxylic acids is 4. The molecule has 14 nitrogen and oxygen atoms in total. The van der Waals surface area contributed by atoms with Gasteiger partial charge in [-0.2, -0.15) is 9.78 Å². The van der Waals surface area contributed by atoms with Crippen molar-refractivity contribution in [2.24, 2.45) is 0 Å². The summed E-state index contributed by atoms with van der Waals surface area (Å²) in [5.41, 5.74) is 0. The number of hydrogen-bond donors (Lipinski definition) is 2. The number of carbonyl (C=O) groups is 6. The summed E-state index contributed by atoms with van der Waals surface area (Å²) in [6.45, 7) is -1.56. The van der Waals surface area contributed by atoms with E-state index in [1.807, 2.05) is 0 Å². The van der Waals surface area contributed by atoms with E-state index in [0.29, 0.717) is 0 Å². The predicted molar refractivity (Wildman–Crippen MR) is 73.6 cm³/mol. The first-order valence-corrected chi connectivity index (χ1v) is 6.52. The maximum absolute atomic E-state index is 10.5. The summed E-state index contributed by atoms with van der Waals surface area (Å²) in [6, 6.07) is 0. The van der Waals surface area contributed by atoms with E-state index in [1.54, 1.807) is 0 Å². The first kappa shape index (κ1) is 29.8. The minimum atomic E-state index is -1.39. The molecular formula is C12H14CaO14. The largest absolute Gasteiger partial charge is 2.00 e. The summed E-state index contributed by atoms with van der Waals surface area (Å²) >= 11 is 0. The second-order valence-corrected chi connectivity index (χ2v) is 3.97. The molecule has 0 spiro atoms. The van der Waals surface area contributed by atoms with E-state index in [1.165, 1.54) is 0 Å². The first-order valence-electron chi connectivity index (χ1n) is 6.52. The van der Waals surface area contributed by atoms with Crippen LogP contribution >= 0.6 is 0 Å². The Morgan fingerprint density at radius 3 is 1.15 bits per heavy atom. The van der Waals surface area contributed by atoms with Crippen LogP contribution in [-0.4, -0.2) is 97.0 Å². The molecule has 0 saturated heterocycles. The molecule has 0 fully saturated rings. The number of aliphatic carboxylic acids is 4. The van der Waals surface area contributed by atoms with Gasteiger partial charge in [-0.15, -0.1) is 0 Å². The zero-order valence-electron chi connectivity index (χ0n) is 13.7. The molecule has 148 valence electrons. The molecular weight excluding hydrogens is 408 g/mol. The maximum atomic E-state index is 10.5. The molecule has 0 radical (unpaired) electrons. The van der Waals surface area contributed by atoms with Crippen molar-refractivity contribution >= 4 is 73.6 Å². The Hall–Kier alpha value is -2.00. The van der Waals surface area contributed by atoms with E-state index < -0.39 is 74.7 Å². The van der Waals surface area contributed by atoms with Gasteiger partial charge in [-0.25, -0.2) is 19.2 Å². The summed E-state index contributed by atoms with van der Waals surface area (Å²) in [4.78, 5) is 76.0. The molecule has 0 heterocycles. The fraction of sp³-hybridized carbons (Fsp3) is 0.500. The average Bonchev–Trinajstić information content (AvgIpc) is 2.51. The normalized spacial score (nSPS) is 8.89. The molecule has 0 aromatic heterocycles. The van der Waals surface area contributed by atoms with Crippen molar-refractivity contribution in [3.8, 4) is 0 Å². The standard InChI is InChI=1S/2C6H8O7.Ca/c2*7-4(8)1-2-6(11)13-12-3-5(9)10;/h2*1-3H2,(H,7,8)(H,9,10);/q;;+2/p-2. The summed E-state index contributed by atoms with van der Waals surface area (Å²) < 4.78 is 0. The fourth-order valence-electron chi connectivity index (χ4n) is 0.783. The van der Waals surface area contributed by atoms with Gasteiger partial charge in [-0.05, 0) is 12.8 Å². The summed E-state index contributed by atoms with van der Waals surface area (Å²) in [5.74, 6) is -7.29. The van der Waals surface area contributed by atoms with Crippen molar-refractivity contribution in [1.82, 2.24) is 0 Å². The van der Waals surface area contributed by atoms with E-state index in [0.717, 1.165) is 0 Å². The third-order valence-electron chi connectivity index (χ3n) is 1.74. The van der Waals surface area contributed by atoms with Gasteiger partial charge in [0.2, 0.25) is 0 Å². The van der Waals surface area contributed by atoms with Crippen LogP contribution in [0.1, 0.15) is 25.7 Å². The predicted octanol–water partition coefficient (Wildman–Crippen LogP) is -4.23. The summed E-state index contributed by atoms with van der Waals surface area (Å²) in [5, 5.41) is 35.7. The Labute approximate surface area is 180 Å². The molecule has 0 saturated carbocycles. The first-order chi connectivity index (χ1) is 12.0. The quantitative estimate of drug-likeness (QED) is 0.173. The Bertz CT molecular complexity index is 470. The zero-order chi connectivity index (χ0) is 20.5. The molecule has 2 N–H and O–H groups in total. The SMILES string of the molecule is O=C([O-])CCC(=O)OOCC(=O)O.O=C([O-])CCC(=O)OOCC(=O)O.[Ca+2]. The molecule has 0 bridgehead atoms. The smallest absolute Gasteiger partial charge is 0.550 e. The van der Waals surface area contributed by atoms with Crippen LogP contribution in [0.4, 0.5) is 0 Å². The van der Waals surface area contributed by atoms with Crippen LogP contribution in [0.15, 0.2) is 0 Å². The number of hydrogen-bond acceptors (Lipinski definition) is 12. The van der Waals surface area contributed by atoms with E-state index >= 15 is 0 Å². The molecule has 27 heavy (non-hydrogen) atoms. The van der Waals surface area contributed by atoms with Gasteiger partial charge >= 0.3 is 61.6 Å². The van der Waals surface area contributed by atoms with Crippen LogP contribution in [0.25, 0.3) is 0 Å². The van der Waals surface area contributed by atoms with Crippen molar-refractivity contribution in [2.75, 3.05) is 13.2 Å². The molecule has 0 aromatic rings. The molecule has 0 atom stereocenters. The number of carboxylic acids is 4. The van der Waals surface area contributed by atoms with Crippen molar-refractivity contribution in [3.05, 3.63) is 0 Å². The Morgan fingerprint density at radius 1 is 0.630 bits per heavy atom. The van der Waals surface area contributed by atoms with Gasteiger partial charge in [-0.1, -0.05) is 0 Å². The van der Waals surface area contributed by atoms with Gasteiger partial charge < -0.3 is 30.0 Å². The van der Waals surface area contributed by atoms with Crippen LogP contribution in [0.5, 0.6) is 0 Å². The molecule has 0 rings (SSSR count). The van der Waals surface area contributed by atoms with Crippen molar-refractivity contribution in [1.29, 1.82) is 0 Å².